The Balaban J connectivity index is 2.15. The van der Waals surface area contributed by atoms with Gasteiger partial charge in [0.05, 0.1) is 18.3 Å². The Bertz CT molecular complexity index is 292. The van der Waals surface area contributed by atoms with Gasteiger partial charge in [0.2, 0.25) is 6.29 Å². The van der Waals surface area contributed by atoms with Crippen LogP contribution in [-0.4, -0.2) is 42.4 Å². The molecule has 0 bridgehead atoms. The Hall–Kier alpha value is -1.01. The van der Waals surface area contributed by atoms with Gasteiger partial charge in [-0.05, 0) is 6.92 Å². The quantitative estimate of drug-likeness (QED) is 0.545. The van der Waals surface area contributed by atoms with Gasteiger partial charge in [0.1, 0.15) is 6.61 Å². The minimum atomic E-state index is -0.545. The smallest absolute Gasteiger partial charge is 0.330 e. The molecule has 0 aromatic rings. The molecule has 1 aliphatic heterocycles. The first-order valence-corrected chi connectivity index (χ1v) is 6.49. The van der Waals surface area contributed by atoms with Crippen molar-refractivity contribution in [1.29, 1.82) is 0 Å². The summed E-state index contributed by atoms with van der Waals surface area (Å²) in [5.41, 5.74) is 0. The second-order valence-electron chi connectivity index (χ2n) is 3.53. The summed E-state index contributed by atoms with van der Waals surface area (Å²) in [4.78, 5) is 22.1. The van der Waals surface area contributed by atoms with E-state index >= 15 is 0 Å². The number of carbonyl (C=O) groups is 2. The number of carbonyl (C=O) groups excluding carboxylic acids is 2. The summed E-state index contributed by atoms with van der Waals surface area (Å²) in [6.45, 7) is 5.18. The van der Waals surface area contributed by atoms with Crippen molar-refractivity contribution in [2.45, 2.75) is 25.7 Å². The molecule has 96 valence electrons. The Kier molecular flexibility index (Phi) is 6.07. The fourth-order valence-corrected chi connectivity index (χ4v) is 2.11. The van der Waals surface area contributed by atoms with Gasteiger partial charge >= 0.3 is 11.9 Å². The maximum atomic E-state index is 11.4. The summed E-state index contributed by atoms with van der Waals surface area (Å²) in [6, 6.07) is 0. The molecule has 0 aromatic carbocycles. The second-order valence-corrected chi connectivity index (χ2v) is 4.60. The molecule has 17 heavy (non-hydrogen) atoms. The van der Waals surface area contributed by atoms with Crippen LogP contribution in [0.2, 0.25) is 0 Å². The predicted octanol–water partition coefficient (Wildman–Crippen LogP) is 1.13. The average molecular weight is 260 g/mol. The second kappa shape index (κ2) is 7.34. The van der Waals surface area contributed by atoms with E-state index in [0.717, 1.165) is 11.8 Å². The molecule has 1 heterocycles. The first-order chi connectivity index (χ1) is 8.11. The number of ether oxygens (including phenoxy) is 3. The molecule has 0 radical (unpaired) electrons. The third-order valence-corrected chi connectivity index (χ3v) is 3.18. The highest BCUT2D eigenvalue weighted by Gasteiger charge is 2.22. The summed E-state index contributed by atoms with van der Waals surface area (Å²) < 4.78 is 15.2. The van der Waals surface area contributed by atoms with Gasteiger partial charge in [-0.3, -0.25) is 4.79 Å². The summed E-state index contributed by atoms with van der Waals surface area (Å²) in [6.07, 6.45) is 0.670. The van der Waals surface area contributed by atoms with Crippen LogP contribution in [0.15, 0.2) is 12.7 Å². The molecule has 1 saturated heterocycles. The monoisotopic (exact) mass is 260 g/mol. The van der Waals surface area contributed by atoms with Crippen molar-refractivity contribution >= 4 is 23.7 Å². The molecule has 0 N–H and O–H groups in total. The fourth-order valence-electron chi connectivity index (χ4n) is 1.23. The van der Waals surface area contributed by atoms with Gasteiger partial charge in [-0.15, -0.1) is 0 Å². The number of hydrogen-bond acceptors (Lipinski definition) is 6. The zero-order valence-corrected chi connectivity index (χ0v) is 10.5. The van der Waals surface area contributed by atoms with Crippen LogP contribution in [0.4, 0.5) is 0 Å². The molecular formula is C11H16O5S. The minimum absolute atomic E-state index is 0.000890. The number of thioether (sulfide) groups is 1. The minimum Gasteiger partial charge on any atom is -0.462 e. The molecule has 1 aliphatic rings. The third kappa shape index (κ3) is 5.74. The lowest BCUT2D eigenvalue weighted by molar-refractivity contribution is -0.182. The normalized spacial score (nSPS) is 23.8. The SMILES string of the molecule is C=CC(=O)OCCC(=O)OC1CSCC(C)O1. The van der Waals surface area contributed by atoms with Crippen molar-refractivity contribution in [2.24, 2.45) is 0 Å². The Morgan fingerprint density at radius 1 is 1.53 bits per heavy atom. The fraction of sp³-hybridized carbons (Fsp3) is 0.636. The van der Waals surface area contributed by atoms with Crippen molar-refractivity contribution in [2.75, 3.05) is 18.1 Å². The van der Waals surface area contributed by atoms with E-state index in [-0.39, 0.29) is 19.1 Å². The van der Waals surface area contributed by atoms with Crippen LogP contribution in [-0.2, 0) is 23.8 Å². The number of esters is 2. The molecule has 1 fully saturated rings. The molecule has 0 aliphatic carbocycles. The standard InChI is InChI=1S/C11H16O5S/c1-3-9(12)14-5-4-10(13)16-11-7-17-6-8(2)15-11/h3,8,11H,1,4-7H2,2H3. The lowest BCUT2D eigenvalue weighted by Crippen LogP contribution is -2.33. The van der Waals surface area contributed by atoms with Gasteiger partial charge in [-0.2, -0.15) is 11.8 Å². The molecule has 2 atom stereocenters. The average Bonchev–Trinajstić information content (AvgIpc) is 2.28. The maximum Gasteiger partial charge on any atom is 0.330 e. The summed E-state index contributed by atoms with van der Waals surface area (Å²) in [5, 5.41) is 0. The van der Waals surface area contributed by atoms with Crippen LogP contribution >= 0.6 is 11.8 Å². The molecule has 2 unspecified atom stereocenters. The number of hydrogen-bond donors (Lipinski definition) is 0. The van der Waals surface area contributed by atoms with Gasteiger partial charge in [-0.25, -0.2) is 4.79 Å². The number of rotatable bonds is 5. The van der Waals surface area contributed by atoms with Gasteiger partial charge in [-0.1, -0.05) is 6.58 Å². The van der Waals surface area contributed by atoms with Gasteiger partial charge in [0, 0.05) is 11.8 Å². The topological polar surface area (TPSA) is 61.8 Å². The maximum absolute atomic E-state index is 11.4. The van der Waals surface area contributed by atoms with E-state index in [1.165, 1.54) is 0 Å². The van der Waals surface area contributed by atoms with Crippen molar-refractivity contribution in [3.8, 4) is 0 Å². The van der Waals surface area contributed by atoms with Crippen LogP contribution in [0, 0.1) is 0 Å². The summed E-state index contributed by atoms with van der Waals surface area (Å²) in [5.74, 6) is 0.575. The molecule has 0 aromatic heterocycles. The first kappa shape index (κ1) is 14.1. The Morgan fingerprint density at radius 2 is 2.29 bits per heavy atom. The largest absolute Gasteiger partial charge is 0.462 e. The molecule has 0 spiro atoms. The Morgan fingerprint density at radius 3 is 2.94 bits per heavy atom. The van der Waals surface area contributed by atoms with E-state index in [4.69, 9.17) is 9.47 Å². The highest BCUT2D eigenvalue weighted by molar-refractivity contribution is 7.99. The van der Waals surface area contributed by atoms with Crippen LogP contribution in [0.25, 0.3) is 0 Å². The lowest BCUT2D eigenvalue weighted by atomic mass is 10.4. The van der Waals surface area contributed by atoms with E-state index in [2.05, 4.69) is 11.3 Å². The van der Waals surface area contributed by atoms with Crippen LogP contribution in [0.3, 0.4) is 0 Å². The molecule has 6 heteroatoms. The zero-order valence-electron chi connectivity index (χ0n) is 9.72. The highest BCUT2D eigenvalue weighted by Crippen LogP contribution is 2.18. The Labute approximate surface area is 104 Å². The van der Waals surface area contributed by atoms with E-state index in [1.807, 2.05) is 6.92 Å². The van der Waals surface area contributed by atoms with Crippen LogP contribution in [0.1, 0.15) is 13.3 Å². The van der Waals surface area contributed by atoms with Crippen molar-refractivity contribution in [1.82, 2.24) is 0 Å². The summed E-state index contributed by atoms with van der Waals surface area (Å²) >= 11 is 1.68. The highest BCUT2D eigenvalue weighted by atomic mass is 32.2. The molecule has 0 saturated carbocycles. The third-order valence-electron chi connectivity index (χ3n) is 1.97. The van der Waals surface area contributed by atoms with Crippen molar-refractivity contribution in [3.63, 3.8) is 0 Å². The van der Waals surface area contributed by atoms with E-state index in [0.29, 0.717) is 5.75 Å². The van der Waals surface area contributed by atoms with Crippen LogP contribution < -0.4 is 0 Å². The van der Waals surface area contributed by atoms with Gasteiger partial charge in [0.25, 0.3) is 0 Å². The van der Waals surface area contributed by atoms with E-state index in [9.17, 15) is 9.59 Å². The molecule has 5 nitrogen and oxygen atoms in total. The molecular weight excluding hydrogens is 244 g/mol. The van der Waals surface area contributed by atoms with E-state index in [1.54, 1.807) is 11.8 Å². The summed E-state index contributed by atoms with van der Waals surface area (Å²) in [7, 11) is 0. The first-order valence-electron chi connectivity index (χ1n) is 5.33. The van der Waals surface area contributed by atoms with Gasteiger partial charge < -0.3 is 14.2 Å². The van der Waals surface area contributed by atoms with Gasteiger partial charge in [0.15, 0.2) is 0 Å². The predicted molar refractivity (Wildman–Crippen MR) is 63.5 cm³/mol. The zero-order chi connectivity index (χ0) is 12.7. The van der Waals surface area contributed by atoms with E-state index < -0.39 is 18.2 Å². The molecule has 1 rings (SSSR count). The van der Waals surface area contributed by atoms with Crippen molar-refractivity contribution in [3.05, 3.63) is 12.7 Å². The van der Waals surface area contributed by atoms with Crippen LogP contribution in [0.5, 0.6) is 0 Å². The van der Waals surface area contributed by atoms with Crippen molar-refractivity contribution < 1.29 is 23.8 Å². The molecule has 0 amide bonds. The lowest BCUT2D eigenvalue weighted by Gasteiger charge is -2.26.